The van der Waals surface area contributed by atoms with E-state index in [1.165, 1.54) is 0 Å². The van der Waals surface area contributed by atoms with Crippen molar-refractivity contribution in [2.75, 3.05) is 0 Å². The van der Waals surface area contributed by atoms with E-state index in [9.17, 15) is 9.59 Å². The van der Waals surface area contributed by atoms with Crippen molar-refractivity contribution in [1.29, 1.82) is 0 Å². The summed E-state index contributed by atoms with van der Waals surface area (Å²) in [4.78, 5) is 27.6. The third-order valence-corrected chi connectivity index (χ3v) is 5.46. The Balaban J connectivity index is 2.42. The summed E-state index contributed by atoms with van der Waals surface area (Å²) in [5.74, 6) is 0.169. The molecule has 4 heteroatoms. The number of carbonyl (C=O) groups excluding carboxylic acids is 2. The van der Waals surface area contributed by atoms with Crippen LogP contribution in [0.4, 0.5) is 0 Å². The highest BCUT2D eigenvalue weighted by atomic mass is 16.2. The molecule has 0 radical (unpaired) electrons. The third-order valence-electron chi connectivity index (χ3n) is 5.46. The van der Waals surface area contributed by atoms with Gasteiger partial charge in [-0.3, -0.25) is 9.59 Å². The van der Waals surface area contributed by atoms with E-state index in [0.29, 0.717) is 19.3 Å². The molecule has 2 rings (SSSR count). The van der Waals surface area contributed by atoms with Gasteiger partial charge < -0.3 is 10.2 Å². The standard InChI is InChI=1S/C16H28N2O2/c1-5-12-13(19)17-16(6-2,7-3)14(20)18(12)15(4)10-8-9-11-15/h12H,5-11H2,1-4H3,(H,17,19). The monoisotopic (exact) mass is 280 g/mol. The Hall–Kier alpha value is -1.06. The molecule has 20 heavy (non-hydrogen) atoms. The van der Waals surface area contributed by atoms with E-state index in [0.717, 1.165) is 25.7 Å². The Morgan fingerprint density at radius 2 is 1.70 bits per heavy atom. The normalized spacial score (nSPS) is 28.6. The van der Waals surface area contributed by atoms with Crippen LogP contribution in [0.2, 0.25) is 0 Å². The van der Waals surface area contributed by atoms with Crippen molar-refractivity contribution in [2.45, 2.75) is 89.8 Å². The van der Waals surface area contributed by atoms with Crippen LogP contribution in [-0.2, 0) is 9.59 Å². The molecule has 4 nitrogen and oxygen atoms in total. The summed E-state index contributed by atoms with van der Waals surface area (Å²) in [5, 5.41) is 3.02. The van der Waals surface area contributed by atoms with Gasteiger partial charge in [0.05, 0.1) is 0 Å². The van der Waals surface area contributed by atoms with Gasteiger partial charge in [-0.05, 0) is 39.0 Å². The van der Waals surface area contributed by atoms with Gasteiger partial charge >= 0.3 is 0 Å². The number of hydrogen-bond donors (Lipinski definition) is 1. The van der Waals surface area contributed by atoms with Gasteiger partial charge in [0.25, 0.3) is 0 Å². The second-order valence-electron chi connectivity index (χ2n) is 6.58. The first kappa shape index (κ1) is 15.3. The predicted molar refractivity (Wildman–Crippen MR) is 79.3 cm³/mol. The number of carbonyl (C=O) groups is 2. The fraction of sp³-hybridized carbons (Fsp3) is 0.875. The van der Waals surface area contributed by atoms with Gasteiger partial charge in [0.1, 0.15) is 11.6 Å². The average molecular weight is 280 g/mol. The van der Waals surface area contributed by atoms with Gasteiger partial charge in [0, 0.05) is 5.54 Å². The summed E-state index contributed by atoms with van der Waals surface area (Å²) in [7, 11) is 0. The Morgan fingerprint density at radius 3 is 2.15 bits per heavy atom. The summed E-state index contributed by atoms with van der Waals surface area (Å²) in [6, 6.07) is -0.295. The van der Waals surface area contributed by atoms with E-state index in [1.807, 2.05) is 25.7 Å². The lowest BCUT2D eigenvalue weighted by atomic mass is 9.82. The molecule has 0 bridgehead atoms. The maximum absolute atomic E-state index is 13.1. The molecule has 0 spiro atoms. The van der Waals surface area contributed by atoms with Crippen LogP contribution < -0.4 is 5.32 Å². The predicted octanol–water partition coefficient (Wildman–Crippen LogP) is 2.61. The first-order chi connectivity index (χ1) is 9.44. The molecule has 1 atom stereocenters. The van der Waals surface area contributed by atoms with Crippen molar-refractivity contribution in [3.8, 4) is 0 Å². The molecule has 1 aliphatic carbocycles. The smallest absolute Gasteiger partial charge is 0.249 e. The van der Waals surface area contributed by atoms with E-state index < -0.39 is 5.54 Å². The minimum absolute atomic E-state index is 0.0314. The van der Waals surface area contributed by atoms with Crippen molar-refractivity contribution in [2.24, 2.45) is 0 Å². The van der Waals surface area contributed by atoms with E-state index >= 15 is 0 Å². The van der Waals surface area contributed by atoms with Gasteiger partial charge in [-0.15, -0.1) is 0 Å². The van der Waals surface area contributed by atoms with E-state index in [1.54, 1.807) is 0 Å². The first-order valence-corrected chi connectivity index (χ1v) is 8.10. The molecule has 0 aromatic carbocycles. The van der Waals surface area contributed by atoms with Crippen LogP contribution in [0, 0.1) is 0 Å². The number of amides is 2. The van der Waals surface area contributed by atoms with Crippen LogP contribution in [0.15, 0.2) is 0 Å². The Kier molecular flexibility index (Phi) is 4.12. The Morgan fingerprint density at radius 1 is 1.15 bits per heavy atom. The molecule has 1 unspecified atom stereocenters. The third kappa shape index (κ3) is 2.13. The van der Waals surface area contributed by atoms with Gasteiger partial charge in [-0.2, -0.15) is 0 Å². The van der Waals surface area contributed by atoms with Crippen LogP contribution in [0.1, 0.15) is 72.6 Å². The van der Waals surface area contributed by atoms with Crippen LogP contribution in [0.3, 0.4) is 0 Å². The fourth-order valence-electron chi connectivity index (χ4n) is 3.96. The molecular weight excluding hydrogens is 252 g/mol. The van der Waals surface area contributed by atoms with Gasteiger partial charge in [-0.1, -0.05) is 33.6 Å². The summed E-state index contributed by atoms with van der Waals surface area (Å²) in [6.45, 7) is 8.13. The summed E-state index contributed by atoms with van der Waals surface area (Å²) >= 11 is 0. The SMILES string of the molecule is CCC1C(=O)NC(CC)(CC)C(=O)N1C1(C)CCCC1. The van der Waals surface area contributed by atoms with Crippen molar-refractivity contribution in [3.63, 3.8) is 0 Å². The van der Waals surface area contributed by atoms with Gasteiger partial charge in [0.15, 0.2) is 0 Å². The molecule has 2 amide bonds. The average Bonchev–Trinajstić information content (AvgIpc) is 2.88. The molecule has 114 valence electrons. The number of hydrogen-bond acceptors (Lipinski definition) is 2. The van der Waals surface area contributed by atoms with Crippen molar-refractivity contribution in [3.05, 3.63) is 0 Å². The number of nitrogens with one attached hydrogen (secondary N) is 1. The molecule has 1 saturated carbocycles. The van der Waals surface area contributed by atoms with Crippen LogP contribution >= 0.6 is 0 Å². The number of nitrogens with zero attached hydrogens (tertiary/aromatic N) is 1. The highest BCUT2D eigenvalue weighted by molar-refractivity contribution is 6.00. The van der Waals surface area contributed by atoms with E-state index in [4.69, 9.17) is 0 Å². The van der Waals surface area contributed by atoms with Gasteiger partial charge in [-0.25, -0.2) is 0 Å². The van der Waals surface area contributed by atoms with Crippen molar-refractivity contribution < 1.29 is 9.59 Å². The first-order valence-electron chi connectivity index (χ1n) is 8.10. The van der Waals surface area contributed by atoms with E-state index in [2.05, 4.69) is 12.2 Å². The minimum Gasteiger partial charge on any atom is -0.340 e. The van der Waals surface area contributed by atoms with Crippen LogP contribution in [-0.4, -0.2) is 33.8 Å². The van der Waals surface area contributed by atoms with E-state index in [-0.39, 0.29) is 23.4 Å². The summed E-state index contributed by atoms with van der Waals surface area (Å²) < 4.78 is 0. The lowest BCUT2D eigenvalue weighted by Gasteiger charge is -2.52. The molecular formula is C16H28N2O2. The van der Waals surface area contributed by atoms with Gasteiger partial charge in [0.2, 0.25) is 11.8 Å². The summed E-state index contributed by atoms with van der Waals surface area (Å²) in [6.07, 6.45) is 6.37. The van der Waals surface area contributed by atoms with Crippen LogP contribution in [0.25, 0.3) is 0 Å². The molecule has 0 aromatic heterocycles. The van der Waals surface area contributed by atoms with Crippen LogP contribution in [0.5, 0.6) is 0 Å². The lowest BCUT2D eigenvalue weighted by Crippen LogP contribution is -2.73. The number of rotatable bonds is 4. The zero-order valence-electron chi connectivity index (χ0n) is 13.3. The zero-order chi connectivity index (χ0) is 15.0. The quantitative estimate of drug-likeness (QED) is 0.860. The Labute approximate surface area is 122 Å². The molecule has 1 saturated heterocycles. The highest BCUT2D eigenvalue weighted by Crippen LogP contribution is 2.40. The zero-order valence-corrected chi connectivity index (χ0v) is 13.3. The molecule has 2 fully saturated rings. The Bertz CT molecular complexity index is 395. The minimum atomic E-state index is -0.686. The largest absolute Gasteiger partial charge is 0.340 e. The highest BCUT2D eigenvalue weighted by Gasteiger charge is 2.54. The van der Waals surface area contributed by atoms with Crippen molar-refractivity contribution in [1.82, 2.24) is 10.2 Å². The topological polar surface area (TPSA) is 49.4 Å². The molecule has 1 N–H and O–H groups in total. The van der Waals surface area contributed by atoms with Crippen molar-refractivity contribution >= 4 is 11.8 Å². The second kappa shape index (κ2) is 5.38. The molecule has 0 aromatic rings. The molecule has 1 heterocycles. The number of piperazine rings is 1. The maximum atomic E-state index is 13.1. The maximum Gasteiger partial charge on any atom is 0.249 e. The lowest BCUT2D eigenvalue weighted by molar-refractivity contribution is -0.163. The summed E-state index contributed by atoms with van der Waals surface area (Å²) in [5.41, 5.74) is -0.820. The molecule has 2 aliphatic rings. The molecule has 1 aliphatic heterocycles. The fourth-order valence-corrected chi connectivity index (χ4v) is 3.96. The second-order valence-corrected chi connectivity index (χ2v) is 6.58.